The lowest BCUT2D eigenvalue weighted by Crippen LogP contribution is -2.58. The van der Waals surface area contributed by atoms with Gasteiger partial charge in [-0.1, -0.05) is 38.1 Å². The molecule has 64 heavy (non-hydrogen) atoms. The van der Waals surface area contributed by atoms with Gasteiger partial charge in [0.1, 0.15) is 27.7 Å². The zero-order valence-corrected chi connectivity index (χ0v) is 37.5. The summed E-state index contributed by atoms with van der Waals surface area (Å²) < 4.78 is 41.9. The number of ether oxygens (including phenoxy) is 2. The molecule has 0 bridgehead atoms. The molecule has 5 aromatic rings. The zero-order chi connectivity index (χ0) is 44.8. The molecule has 4 fully saturated rings. The molecule has 3 aromatic heterocycles. The molecule has 2 saturated carbocycles. The number of nitrogens with one attached hydrogen (secondary N) is 2. The van der Waals surface area contributed by atoms with Crippen LogP contribution >= 0.6 is 0 Å². The highest BCUT2D eigenvalue weighted by molar-refractivity contribution is 7.90. The third-order valence-corrected chi connectivity index (χ3v) is 15.6. The second kappa shape index (κ2) is 17.5. The number of rotatable bonds is 12. The Balaban J connectivity index is 0.908. The predicted molar refractivity (Wildman–Crippen MR) is 242 cm³/mol. The maximum Gasteiger partial charge on any atom is 0.292 e. The van der Waals surface area contributed by atoms with E-state index in [9.17, 15) is 28.4 Å². The largest absolute Gasteiger partial charge is 0.455 e. The predicted octanol–water partition coefficient (Wildman–Crippen LogP) is 8.21. The van der Waals surface area contributed by atoms with Crippen molar-refractivity contribution < 1.29 is 32.7 Å². The highest BCUT2D eigenvalue weighted by atomic mass is 32.2. The number of sulfonamides is 1. The number of carbonyl (C=O) groups excluding carboxylic acids is 1. The first-order chi connectivity index (χ1) is 30.7. The van der Waals surface area contributed by atoms with Gasteiger partial charge in [0.15, 0.2) is 0 Å². The van der Waals surface area contributed by atoms with E-state index in [1.165, 1.54) is 17.3 Å². The number of nitro groups is 1. The van der Waals surface area contributed by atoms with Crippen molar-refractivity contribution in [2.75, 3.05) is 37.7 Å². The van der Waals surface area contributed by atoms with Gasteiger partial charge in [0.05, 0.1) is 41.5 Å². The van der Waals surface area contributed by atoms with Crippen LogP contribution in [0, 0.1) is 21.4 Å². The summed E-state index contributed by atoms with van der Waals surface area (Å²) in [6.07, 6.45) is 11.4. The Bertz CT molecular complexity index is 2640. The van der Waals surface area contributed by atoms with E-state index in [0.29, 0.717) is 55.6 Å². The highest BCUT2D eigenvalue weighted by Gasteiger charge is 2.50. The minimum Gasteiger partial charge on any atom is -0.455 e. The molecule has 1 amide bonds. The summed E-state index contributed by atoms with van der Waals surface area (Å²) in [5, 5.41) is 23.3. The Morgan fingerprint density at radius 3 is 2.55 bits per heavy atom. The average Bonchev–Trinajstić information content (AvgIpc) is 3.74. The number of amides is 1. The molecule has 2 aromatic carbocycles. The summed E-state index contributed by atoms with van der Waals surface area (Å²) in [6.45, 7) is 10.3. The molecule has 1 spiro atoms. The summed E-state index contributed by atoms with van der Waals surface area (Å²) >= 11 is 0. The zero-order valence-electron chi connectivity index (χ0n) is 36.7. The van der Waals surface area contributed by atoms with Crippen LogP contribution in [0.3, 0.4) is 0 Å². The number of nitrogens with zero attached hydrogens (tertiary/aromatic N) is 5. The van der Waals surface area contributed by atoms with Crippen LogP contribution in [0.2, 0.25) is 0 Å². The molecule has 2 aliphatic heterocycles. The normalized spacial score (nSPS) is 23.0. The van der Waals surface area contributed by atoms with Crippen LogP contribution in [0.5, 0.6) is 11.5 Å². The van der Waals surface area contributed by atoms with Crippen molar-refractivity contribution in [1.29, 1.82) is 0 Å². The van der Waals surface area contributed by atoms with Crippen LogP contribution in [-0.4, -0.2) is 88.7 Å². The minimum atomic E-state index is -4.61. The Morgan fingerprint density at radius 1 is 1.03 bits per heavy atom. The van der Waals surface area contributed by atoms with E-state index in [-0.39, 0.29) is 40.8 Å². The molecular formula is C48H57N7O8S. The number of hydrogen-bond acceptors (Lipinski definition) is 12. The van der Waals surface area contributed by atoms with Gasteiger partial charge in [-0.3, -0.25) is 24.8 Å². The fraction of sp³-hybridized carbons (Fsp3) is 0.479. The van der Waals surface area contributed by atoms with Gasteiger partial charge in [0, 0.05) is 61.3 Å². The molecule has 0 unspecified atom stereocenters. The Morgan fingerprint density at radius 2 is 1.80 bits per heavy atom. The molecule has 338 valence electrons. The number of anilines is 1. The lowest BCUT2D eigenvalue weighted by Gasteiger charge is -2.57. The smallest absolute Gasteiger partial charge is 0.292 e. The second-order valence-electron chi connectivity index (χ2n) is 19.0. The molecule has 0 radical (unpaired) electrons. The second-order valence-corrected chi connectivity index (χ2v) is 20.7. The number of piperidine rings is 1. The van der Waals surface area contributed by atoms with Gasteiger partial charge < -0.3 is 24.5 Å². The van der Waals surface area contributed by atoms with Crippen LogP contribution in [0.15, 0.2) is 84.1 Å². The third-order valence-electron chi connectivity index (χ3n) is 14.3. The van der Waals surface area contributed by atoms with E-state index in [0.717, 1.165) is 75.3 Å². The lowest BCUT2D eigenvalue weighted by molar-refractivity contribution is -0.386. The molecule has 4 aliphatic rings. The molecule has 15 nitrogen and oxygen atoms in total. The number of benzene rings is 2. The quantitative estimate of drug-likeness (QED) is 0.0805. The number of aromatic nitrogens is 3. The Labute approximate surface area is 373 Å². The van der Waals surface area contributed by atoms with Gasteiger partial charge in [-0.2, -0.15) is 0 Å². The summed E-state index contributed by atoms with van der Waals surface area (Å²) in [4.78, 5) is 41.7. The van der Waals surface area contributed by atoms with E-state index in [1.807, 2.05) is 6.07 Å². The van der Waals surface area contributed by atoms with Crippen LogP contribution < -0.4 is 14.4 Å². The summed E-state index contributed by atoms with van der Waals surface area (Å²) in [5.41, 5.74) is 3.44. The van der Waals surface area contributed by atoms with Crippen LogP contribution in [0.4, 0.5) is 11.4 Å². The summed E-state index contributed by atoms with van der Waals surface area (Å²) in [6, 6.07) is 19.2. The van der Waals surface area contributed by atoms with Crippen LogP contribution in [-0.2, 0) is 21.2 Å². The van der Waals surface area contributed by atoms with Gasteiger partial charge in [-0.25, -0.2) is 18.1 Å². The van der Waals surface area contributed by atoms with E-state index in [1.54, 1.807) is 37.4 Å². The Hall–Kier alpha value is -5.42. The number of aromatic amines is 1. The van der Waals surface area contributed by atoms with Gasteiger partial charge in [-0.05, 0) is 117 Å². The van der Waals surface area contributed by atoms with Crippen molar-refractivity contribution in [2.45, 2.75) is 107 Å². The minimum absolute atomic E-state index is 0.0387. The van der Waals surface area contributed by atoms with E-state index < -0.39 is 37.0 Å². The molecule has 2 aliphatic carbocycles. The first-order valence-corrected chi connectivity index (χ1v) is 24.0. The highest BCUT2D eigenvalue weighted by Crippen LogP contribution is 2.53. The SMILES string of the molecule is CC(C)c1ccccc1[C@@H]1COCCN1C1CC2(CCN(c3ccc(C(=O)NS(=O)(=O)c4cnc(CC5CCC(C)(O)CC5)c([N+](=O)[O-])c4)c(Oc4cnc5[nH]ccc5c4)c3)CC2)C1. The van der Waals surface area contributed by atoms with Crippen molar-refractivity contribution in [3.63, 3.8) is 0 Å². The topological polar surface area (TPSA) is 193 Å². The molecule has 3 N–H and O–H groups in total. The molecular weight excluding hydrogens is 835 g/mol. The molecule has 2 saturated heterocycles. The molecule has 16 heteroatoms. The van der Waals surface area contributed by atoms with Crippen molar-refractivity contribution >= 4 is 38.3 Å². The Kier molecular flexibility index (Phi) is 12.0. The van der Waals surface area contributed by atoms with Crippen molar-refractivity contribution in [1.82, 2.24) is 24.6 Å². The number of H-pyrrole nitrogens is 1. The fourth-order valence-corrected chi connectivity index (χ4v) is 11.4. The number of hydrogen-bond donors (Lipinski definition) is 3. The van der Waals surface area contributed by atoms with Crippen LogP contribution in [0.1, 0.15) is 111 Å². The summed E-state index contributed by atoms with van der Waals surface area (Å²) in [5.74, 6) is 0.0233. The van der Waals surface area contributed by atoms with E-state index in [4.69, 9.17) is 9.47 Å². The molecule has 5 heterocycles. The number of fused-ring (bicyclic) bond motifs is 1. The van der Waals surface area contributed by atoms with Crippen molar-refractivity contribution in [2.24, 2.45) is 11.3 Å². The monoisotopic (exact) mass is 891 g/mol. The standard InChI is InChI=1S/C48H57N7O8S/c1-31(2)38-6-4-5-7-39(38)43-30-62-21-20-54(43)35-26-48(27-35)15-18-53(19-16-48)34-8-9-40(44(24-34)63-36-23-33-12-17-49-45(33)51-28-36)46(56)52-64(60,61)37-25-42(55(58)59)41(50-29-37)22-32-10-13-47(3,57)14-11-32/h4-9,12,17,23-25,28-29,31-32,35,43,57H,10-11,13-16,18-22,26-27,30H2,1-3H3,(H,49,51)(H,52,56)/t32?,43-,47?/m0/s1. The third kappa shape index (κ3) is 9.10. The number of aliphatic hydroxyl groups is 1. The van der Waals surface area contributed by atoms with Gasteiger partial charge in [0.2, 0.25) is 0 Å². The van der Waals surface area contributed by atoms with E-state index >= 15 is 0 Å². The van der Waals surface area contributed by atoms with Gasteiger partial charge in [-0.15, -0.1) is 0 Å². The van der Waals surface area contributed by atoms with Crippen molar-refractivity contribution in [3.8, 4) is 11.5 Å². The van der Waals surface area contributed by atoms with Crippen LogP contribution in [0.25, 0.3) is 11.0 Å². The lowest BCUT2D eigenvalue weighted by atomic mass is 9.59. The van der Waals surface area contributed by atoms with Gasteiger partial charge in [0.25, 0.3) is 21.6 Å². The van der Waals surface area contributed by atoms with Crippen molar-refractivity contribution in [3.05, 3.63) is 112 Å². The number of morpholine rings is 1. The fourth-order valence-electron chi connectivity index (χ4n) is 10.5. The number of carbonyl (C=O) groups is 1. The molecule has 1 atom stereocenters. The summed E-state index contributed by atoms with van der Waals surface area (Å²) in [7, 11) is -4.61. The molecule has 9 rings (SSSR count). The average molecular weight is 892 g/mol. The first-order valence-electron chi connectivity index (χ1n) is 22.5. The number of pyridine rings is 2. The van der Waals surface area contributed by atoms with Gasteiger partial charge >= 0.3 is 0 Å². The maximum atomic E-state index is 14.0. The van der Waals surface area contributed by atoms with E-state index in [2.05, 4.69) is 67.6 Å². The maximum absolute atomic E-state index is 14.0. The first kappa shape index (κ1) is 43.8.